The largest absolute Gasteiger partial charge is 0.463 e. The monoisotopic (exact) mass is 396 g/mol. The molecule has 0 radical (unpaired) electrons. The van der Waals surface area contributed by atoms with Crippen LogP contribution in [0.25, 0.3) is 0 Å². The second-order valence-corrected chi connectivity index (χ2v) is 8.81. The Hall–Kier alpha value is -2.42. The van der Waals surface area contributed by atoms with Crippen molar-refractivity contribution in [2.75, 3.05) is 18.1 Å². The summed E-state index contributed by atoms with van der Waals surface area (Å²) in [4.78, 5) is 26.7. The van der Waals surface area contributed by atoms with Gasteiger partial charge in [0, 0.05) is 5.70 Å². The summed E-state index contributed by atoms with van der Waals surface area (Å²) in [6.07, 6.45) is 0.299. The van der Waals surface area contributed by atoms with Gasteiger partial charge < -0.3 is 10.1 Å². The van der Waals surface area contributed by atoms with Gasteiger partial charge in [0.15, 0.2) is 9.84 Å². The SMILES string of the molecule is CCOC(=O)C1=C(C)N([C@H]2CCS(=O)(=O)C2)C(=O)N[C@H]1c1cccc(F)c1. The highest BCUT2D eigenvalue weighted by atomic mass is 32.2. The third-order valence-corrected chi connectivity index (χ3v) is 6.53. The molecule has 2 heterocycles. The van der Waals surface area contributed by atoms with E-state index in [2.05, 4.69) is 5.32 Å². The quantitative estimate of drug-likeness (QED) is 0.785. The molecule has 1 aromatic rings. The Morgan fingerprint density at radius 3 is 2.74 bits per heavy atom. The highest BCUT2D eigenvalue weighted by Gasteiger charge is 2.42. The summed E-state index contributed by atoms with van der Waals surface area (Å²) in [6.45, 7) is 3.38. The van der Waals surface area contributed by atoms with E-state index in [4.69, 9.17) is 4.74 Å². The first-order valence-corrected chi connectivity index (χ1v) is 10.5. The van der Waals surface area contributed by atoms with Gasteiger partial charge in [0.25, 0.3) is 0 Å². The van der Waals surface area contributed by atoms with Crippen LogP contribution in [-0.2, 0) is 19.4 Å². The Morgan fingerprint density at radius 2 is 2.15 bits per heavy atom. The van der Waals surface area contributed by atoms with Crippen molar-refractivity contribution in [1.82, 2.24) is 10.2 Å². The van der Waals surface area contributed by atoms with Gasteiger partial charge in [-0.25, -0.2) is 22.4 Å². The minimum atomic E-state index is -3.22. The Balaban J connectivity index is 2.07. The van der Waals surface area contributed by atoms with Crippen molar-refractivity contribution in [2.24, 2.45) is 0 Å². The van der Waals surface area contributed by atoms with Crippen LogP contribution < -0.4 is 5.32 Å². The van der Waals surface area contributed by atoms with Crippen molar-refractivity contribution in [3.63, 3.8) is 0 Å². The van der Waals surface area contributed by atoms with E-state index in [1.54, 1.807) is 19.9 Å². The molecule has 2 atom stereocenters. The lowest BCUT2D eigenvalue weighted by molar-refractivity contribution is -0.139. The minimum absolute atomic E-state index is 0.00318. The van der Waals surface area contributed by atoms with Gasteiger partial charge in [-0.15, -0.1) is 0 Å². The molecule has 1 N–H and O–H groups in total. The van der Waals surface area contributed by atoms with Crippen molar-refractivity contribution in [1.29, 1.82) is 0 Å². The van der Waals surface area contributed by atoms with E-state index >= 15 is 0 Å². The van der Waals surface area contributed by atoms with E-state index in [1.165, 1.54) is 23.1 Å². The number of amides is 2. The van der Waals surface area contributed by atoms with Crippen LogP contribution in [0.3, 0.4) is 0 Å². The number of urea groups is 1. The van der Waals surface area contributed by atoms with Crippen molar-refractivity contribution < 1.29 is 27.1 Å². The summed E-state index contributed by atoms with van der Waals surface area (Å²) in [5.41, 5.74) is 0.907. The molecule has 146 valence electrons. The fourth-order valence-corrected chi connectivity index (χ4v) is 5.29. The van der Waals surface area contributed by atoms with Gasteiger partial charge in [-0.3, -0.25) is 4.90 Å². The van der Waals surface area contributed by atoms with Gasteiger partial charge >= 0.3 is 12.0 Å². The predicted molar refractivity (Wildman–Crippen MR) is 95.9 cm³/mol. The Bertz CT molecular complexity index is 912. The van der Waals surface area contributed by atoms with Gasteiger partial charge in [-0.1, -0.05) is 12.1 Å². The number of hydrogen-bond acceptors (Lipinski definition) is 5. The van der Waals surface area contributed by atoms with Crippen molar-refractivity contribution in [2.45, 2.75) is 32.4 Å². The van der Waals surface area contributed by atoms with Crippen molar-refractivity contribution >= 4 is 21.8 Å². The maximum absolute atomic E-state index is 13.7. The highest BCUT2D eigenvalue weighted by Crippen LogP contribution is 2.34. The van der Waals surface area contributed by atoms with Crippen molar-refractivity contribution in [3.05, 3.63) is 46.9 Å². The van der Waals surface area contributed by atoms with E-state index in [9.17, 15) is 22.4 Å². The molecule has 2 aliphatic rings. The molecule has 2 amide bonds. The molecule has 1 fully saturated rings. The number of ether oxygens (including phenoxy) is 1. The van der Waals surface area contributed by atoms with Crippen LogP contribution in [0.4, 0.5) is 9.18 Å². The zero-order valence-electron chi connectivity index (χ0n) is 15.1. The predicted octanol–water partition coefficient (Wildman–Crippen LogP) is 1.92. The van der Waals surface area contributed by atoms with Gasteiger partial charge in [-0.05, 0) is 38.0 Å². The van der Waals surface area contributed by atoms with E-state index in [1.807, 2.05) is 0 Å². The Morgan fingerprint density at radius 1 is 1.41 bits per heavy atom. The molecule has 0 spiro atoms. The molecule has 0 bridgehead atoms. The molecule has 1 saturated heterocycles. The molecular formula is C18H21FN2O5S. The maximum atomic E-state index is 13.7. The Kier molecular flexibility index (Phi) is 5.23. The van der Waals surface area contributed by atoms with Crippen LogP contribution in [-0.4, -0.2) is 49.5 Å². The summed E-state index contributed by atoms with van der Waals surface area (Å²) in [5.74, 6) is -1.28. The average Bonchev–Trinajstić information content (AvgIpc) is 2.94. The number of hydrogen-bond donors (Lipinski definition) is 1. The van der Waals surface area contributed by atoms with Crippen LogP contribution in [0.15, 0.2) is 35.5 Å². The number of benzene rings is 1. The van der Waals surface area contributed by atoms with Gasteiger partial charge in [0.1, 0.15) is 5.82 Å². The van der Waals surface area contributed by atoms with Gasteiger partial charge in [0.05, 0.1) is 35.8 Å². The third kappa shape index (κ3) is 3.83. The number of nitrogens with one attached hydrogen (secondary N) is 1. The van der Waals surface area contributed by atoms with Crippen LogP contribution >= 0.6 is 0 Å². The zero-order chi connectivity index (χ0) is 19.8. The minimum Gasteiger partial charge on any atom is -0.463 e. The molecule has 1 aromatic carbocycles. The number of rotatable bonds is 4. The topological polar surface area (TPSA) is 92.8 Å². The first-order chi connectivity index (χ1) is 12.7. The van der Waals surface area contributed by atoms with Gasteiger partial charge in [-0.2, -0.15) is 0 Å². The van der Waals surface area contributed by atoms with Crippen LogP contribution in [0.1, 0.15) is 31.9 Å². The number of carbonyl (C=O) groups excluding carboxylic acids is 2. The standard InChI is InChI=1S/C18H21FN2O5S/c1-3-26-17(22)15-11(2)21(14-7-8-27(24,25)10-14)18(23)20-16(15)12-5-4-6-13(19)9-12/h4-6,9,14,16H,3,7-8,10H2,1-2H3,(H,20,23)/t14-,16-/m0/s1. The number of nitrogens with zero attached hydrogens (tertiary/aromatic N) is 1. The maximum Gasteiger partial charge on any atom is 0.338 e. The molecule has 3 rings (SSSR count). The first kappa shape index (κ1) is 19.3. The molecule has 7 nitrogen and oxygen atoms in total. The van der Waals surface area contributed by atoms with Crippen LogP contribution in [0.2, 0.25) is 0 Å². The van der Waals surface area contributed by atoms with Crippen LogP contribution in [0.5, 0.6) is 0 Å². The lowest BCUT2D eigenvalue weighted by atomic mass is 9.94. The van der Waals surface area contributed by atoms with E-state index in [-0.39, 0.29) is 23.7 Å². The molecule has 0 saturated carbocycles. The van der Waals surface area contributed by atoms with Crippen LogP contribution in [0, 0.1) is 5.82 Å². The van der Waals surface area contributed by atoms with Gasteiger partial charge in [0.2, 0.25) is 0 Å². The lowest BCUT2D eigenvalue weighted by Gasteiger charge is -2.38. The average molecular weight is 396 g/mol. The second kappa shape index (κ2) is 7.30. The molecule has 0 aromatic heterocycles. The van der Waals surface area contributed by atoms with E-state index in [0.717, 1.165) is 0 Å². The summed E-state index contributed by atoms with van der Waals surface area (Å²) in [5, 5.41) is 2.70. The molecule has 27 heavy (non-hydrogen) atoms. The summed E-state index contributed by atoms with van der Waals surface area (Å²) in [6, 6.07) is 3.67. The smallest absolute Gasteiger partial charge is 0.338 e. The molecule has 0 aliphatic carbocycles. The van der Waals surface area contributed by atoms with Crippen molar-refractivity contribution in [3.8, 4) is 0 Å². The number of sulfone groups is 1. The summed E-state index contributed by atoms with van der Waals surface area (Å²) < 4.78 is 42.5. The fourth-order valence-electron chi connectivity index (χ4n) is 3.59. The summed E-state index contributed by atoms with van der Waals surface area (Å²) >= 11 is 0. The number of halogens is 1. The van der Waals surface area contributed by atoms with E-state index < -0.39 is 39.7 Å². The molecule has 9 heteroatoms. The zero-order valence-corrected chi connectivity index (χ0v) is 15.9. The number of esters is 1. The molecule has 0 unspecified atom stereocenters. The lowest BCUT2D eigenvalue weighted by Crippen LogP contribution is -2.52. The molecular weight excluding hydrogens is 375 g/mol. The van der Waals surface area contributed by atoms with E-state index in [0.29, 0.717) is 17.7 Å². The highest BCUT2D eigenvalue weighted by molar-refractivity contribution is 7.91. The second-order valence-electron chi connectivity index (χ2n) is 6.58. The first-order valence-electron chi connectivity index (χ1n) is 8.67. The summed E-state index contributed by atoms with van der Waals surface area (Å²) in [7, 11) is -3.22. The fraction of sp³-hybridized carbons (Fsp3) is 0.444. The number of allylic oxidation sites excluding steroid dienone is 1. The Labute approximate surface area is 157 Å². The molecule has 2 aliphatic heterocycles. The number of carbonyl (C=O) groups is 2. The third-order valence-electron chi connectivity index (χ3n) is 4.78. The normalized spacial score (nSPS) is 24.7.